The summed E-state index contributed by atoms with van der Waals surface area (Å²) in [6.45, 7) is 14.4. The molecule has 1 saturated heterocycles. The maximum Gasteiger partial charge on any atom is 0.332 e. The summed E-state index contributed by atoms with van der Waals surface area (Å²) in [5.41, 5.74) is -7.25. The fraction of sp³-hybridized carbons (Fsp3) is 0.640. The minimum atomic E-state index is -2.08. The number of Topliss-reactive ketones (excluding diaryl/α,β-unsaturated/α-hetero) is 1. The van der Waals surface area contributed by atoms with Gasteiger partial charge in [0.25, 0.3) is 0 Å². The molecule has 1 spiro atoms. The Balaban J connectivity index is 1.86. The van der Waals surface area contributed by atoms with Gasteiger partial charge in [-0.05, 0) is 64.2 Å². The van der Waals surface area contributed by atoms with E-state index < -0.39 is 62.8 Å². The molecule has 2 heterocycles. The van der Waals surface area contributed by atoms with E-state index in [1.54, 1.807) is 27.7 Å². The van der Waals surface area contributed by atoms with Crippen LogP contribution in [-0.4, -0.2) is 50.8 Å². The number of allylic oxidation sites excluding steroid dienone is 1. The zero-order chi connectivity index (χ0) is 23.9. The summed E-state index contributed by atoms with van der Waals surface area (Å²) in [5, 5.41) is 24.0. The Kier molecular flexibility index (Phi) is 3.68. The van der Waals surface area contributed by atoms with Crippen LogP contribution < -0.4 is 0 Å². The van der Waals surface area contributed by atoms with Crippen molar-refractivity contribution in [2.75, 3.05) is 0 Å². The summed E-state index contributed by atoms with van der Waals surface area (Å²) in [7, 11) is 0. The first-order chi connectivity index (χ1) is 14.5. The summed E-state index contributed by atoms with van der Waals surface area (Å²) in [4.78, 5) is 39.7. The van der Waals surface area contributed by atoms with Crippen LogP contribution in [0, 0.1) is 22.2 Å². The van der Waals surface area contributed by atoms with Gasteiger partial charge in [-0.1, -0.05) is 19.6 Å². The summed E-state index contributed by atoms with van der Waals surface area (Å²) in [6.07, 6.45) is 2.58. The third-order valence-corrected chi connectivity index (χ3v) is 9.47. The van der Waals surface area contributed by atoms with Crippen molar-refractivity contribution in [3.63, 3.8) is 0 Å². The second-order valence-electron chi connectivity index (χ2n) is 11.3. The zero-order valence-electron chi connectivity index (χ0n) is 19.4. The quantitative estimate of drug-likeness (QED) is 0.437. The zero-order valence-corrected chi connectivity index (χ0v) is 19.4. The van der Waals surface area contributed by atoms with Crippen molar-refractivity contribution < 1.29 is 34.1 Å². The molecule has 7 atom stereocenters. The van der Waals surface area contributed by atoms with Gasteiger partial charge in [0.05, 0.1) is 11.0 Å². The van der Waals surface area contributed by atoms with Crippen LogP contribution in [0.3, 0.4) is 0 Å². The number of ether oxygens (including phenoxy) is 2. The van der Waals surface area contributed by atoms with Gasteiger partial charge >= 0.3 is 11.9 Å². The van der Waals surface area contributed by atoms with Crippen molar-refractivity contribution in [2.45, 2.75) is 77.3 Å². The molecular weight excluding hydrogens is 412 g/mol. The van der Waals surface area contributed by atoms with Gasteiger partial charge in [0.2, 0.25) is 0 Å². The smallest absolute Gasteiger partial charge is 0.332 e. The number of ketones is 1. The average Bonchev–Trinajstić information content (AvgIpc) is 2.88. The number of hydrogen-bond donors (Lipinski definition) is 2. The Morgan fingerprint density at radius 3 is 2.31 bits per heavy atom. The molecule has 0 radical (unpaired) electrons. The molecule has 0 amide bonds. The number of esters is 2. The first kappa shape index (κ1) is 21.6. The molecule has 7 nitrogen and oxygen atoms in total. The lowest BCUT2D eigenvalue weighted by Gasteiger charge is -2.58. The Labute approximate surface area is 187 Å². The van der Waals surface area contributed by atoms with E-state index in [1.807, 2.05) is 13.0 Å². The van der Waals surface area contributed by atoms with E-state index >= 15 is 0 Å². The highest BCUT2D eigenvalue weighted by Gasteiger charge is 2.88. The Hall–Kier alpha value is -2.25. The molecule has 32 heavy (non-hydrogen) atoms. The normalized spacial score (nSPS) is 51.0. The van der Waals surface area contributed by atoms with E-state index in [0.29, 0.717) is 16.7 Å². The highest BCUT2D eigenvalue weighted by molar-refractivity contribution is 6.10. The standard InChI is InChI=1S/C25H30O7/c1-12-21(5)11-16-22(6,24(12)19(28)31-13(2)25(24,30)18(21)27)9-8-14-15(23(16,7)29)10-17(26)32-20(14,3)4/h8,10,13,16,29-30H,1,9,11H2,2-7H3/t13-,16-,21+,22-,23-,24-,25-/m0/s1. The number of carbonyl (C=O) groups is 3. The van der Waals surface area contributed by atoms with Crippen molar-refractivity contribution in [1.82, 2.24) is 0 Å². The van der Waals surface area contributed by atoms with Gasteiger partial charge < -0.3 is 19.7 Å². The number of hydrogen-bond acceptors (Lipinski definition) is 7. The Morgan fingerprint density at radius 2 is 1.69 bits per heavy atom. The molecule has 3 fully saturated rings. The Morgan fingerprint density at radius 1 is 1.06 bits per heavy atom. The molecule has 2 bridgehead atoms. The molecule has 0 unspecified atom stereocenters. The minimum absolute atomic E-state index is 0.187. The molecule has 0 aromatic carbocycles. The van der Waals surface area contributed by atoms with E-state index in [1.165, 1.54) is 13.0 Å². The molecule has 7 heteroatoms. The summed E-state index contributed by atoms with van der Waals surface area (Å²) >= 11 is 0. The maximum atomic E-state index is 13.8. The van der Waals surface area contributed by atoms with Gasteiger partial charge in [0, 0.05) is 17.4 Å². The Bertz CT molecular complexity index is 1090. The first-order valence-electron chi connectivity index (χ1n) is 11.1. The van der Waals surface area contributed by atoms with Crippen LogP contribution in [0.5, 0.6) is 0 Å². The number of aliphatic hydroxyl groups is 2. The average molecular weight is 443 g/mol. The maximum absolute atomic E-state index is 13.8. The molecule has 0 aromatic rings. The minimum Gasteiger partial charge on any atom is -0.458 e. The fourth-order valence-corrected chi connectivity index (χ4v) is 7.84. The third kappa shape index (κ3) is 1.84. The van der Waals surface area contributed by atoms with Crippen LogP contribution >= 0.6 is 0 Å². The van der Waals surface area contributed by atoms with Gasteiger partial charge in [-0.3, -0.25) is 9.59 Å². The van der Waals surface area contributed by atoms with Crippen molar-refractivity contribution in [2.24, 2.45) is 22.2 Å². The summed E-state index contributed by atoms with van der Waals surface area (Å²) in [6, 6.07) is 0. The van der Waals surface area contributed by atoms with Crippen molar-refractivity contribution >= 4 is 17.7 Å². The predicted octanol–water partition coefficient (Wildman–Crippen LogP) is 2.16. The van der Waals surface area contributed by atoms with Gasteiger partial charge in [-0.2, -0.15) is 0 Å². The molecule has 2 saturated carbocycles. The van der Waals surface area contributed by atoms with Crippen LogP contribution in [0.15, 0.2) is 35.5 Å². The number of cyclic esters (lactones) is 2. The SMILES string of the molecule is C=C1[C@@]2(C)C[C@@H]3[C@@](C)(O)C4=CC(=O)OC(C)(C)C4=CC[C@]3(C)[C@@]13C(=O)O[C@@H](C)[C@]3(O)C2=O. The number of rotatable bonds is 0. The van der Waals surface area contributed by atoms with Crippen LogP contribution in [0.25, 0.3) is 0 Å². The second kappa shape index (κ2) is 5.45. The van der Waals surface area contributed by atoms with Gasteiger partial charge in [-0.15, -0.1) is 0 Å². The third-order valence-electron chi connectivity index (χ3n) is 9.47. The van der Waals surface area contributed by atoms with Crippen molar-refractivity contribution in [3.05, 3.63) is 35.5 Å². The highest BCUT2D eigenvalue weighted by atomic mass is 16.6. The van der Waals surface area contributed by atoms with E-state index in [9.17, 15) is 24.6 Å². The van der Waals surface area contributed by atoms with Crippen molar-refractivity contribution in [3.8, 4) is 0 Å². The predicted molar refractivity (Wildman–Crippen MR) is 113 cm³/mol. The lowest BCUT2D eigenvalue weighted by Crippen LogP contribution is -2.64. The molecule has 3 aliphatic carbocycles. The van der Waals surface area contributed by atoms with Gasteiger partial charge in [-0.25, -0.2) is 4.79 Å². The lowest BCUT2D eigenvalue weighted by atomic mass is 9.43. The van der Waals surface area contributed by atoms with E-state index in [4.69, 9.17) is 9.47 Å². The van der Waals surface area contributed by atoms with Gasteiger partial charge in [0.1, 0.15) is 17.1 Å². The topological polar surface area (TPSA) is 110 Å². The number of fused-ring (bicyclic) bond motifs is 3. The fourth-order valence-electron chi connectivity index (χ4n) is 7.84. The molecule has 172 valence electrons. The summed E-state index contributed by atoms with van der Waals surface area (Å²) < 4.78 is 11.1. The monoisotopic (exact) mass is 442 g/mol. The van der Waals surface area contributed by atoms with Crippen LogP contribution in [0.1, 0.15) is 54.4 Å². The second-order valence-corrected chi connectivity index (χ2v) is 11.3. The molecule has 2 N–H and O–H groups in total. The molecule has 5 rings (SSSR count). The van der Waals surface area contributed by atoms with Crippen LogP contribution in [0.2, 0.25) is 0 Å². The largest absolute Gasteiger partial charge is 0.458 e. The molecule has 2 aliphatic heterocycles. The van der Waals surface area contributed by atoms with Crippen LogP contribution in [-0.2, 0) is 23.9 Å². The van der Waals surface area contributed by atoms with Crippen molar-refractivity contribution in [1.29, 1.82) is 0 Å². The highest BCUT2D eigenvalue weighted by Crippen LogP contribution is 2.78. The van der Waals surface area contributed by atoms with E-state index in [2.05, 4.69) is 6.58 Å². The summed E-state index contributed by atoms with van der Waals surface area (Å²) in [5.74, 6) is -2.37. The number of carbonyl (C=O) groups excluding carboxylic acids is 3. The first-order valence-corrected chi connectivity index (χ1v) is 11.1. The molecule has 5 aliphatic rings. The van der Waals surface area contributed by atoms with Crippen LogP contribution in [0.4, 0.5) is 0 Å². The molecular formula is C25H30O7. The van der Waals surface area contributed by atoms with Gasteiger partial charge in [0.15, 0.2) is 11.4 Å². The lowest BCUT2D eigenvalue weighted by molar-refractivity contribution is -0.172. The van der Waals surface area contributed by atoms with E-state index in [0.717, 1.165) is 0 Å². The molecule has 0 aromatic heterocycles. The van der Waals surface area contributed by atoms with E-state index in [-0.39, 0.29) is 12.8 Å².